The van der Waals surface area contributed by atoms with E-state index in [2.05, 4.69) is 29.6 Å². The van der Waals surface area contributed by atoms with Gasteiger partial charge in [0, 0.05) is 34.2 Å². The molecule has 1 saturated carbocycles. The van der Waals surface area contributed by atoms with Gasteiger partial charge >= 0.3 is 0 Å². The third-order valence-electron chi connectivity index (χ3n) is 4.65. The van der Waals surface area contributed by atoms with Crippen LogP contribution in [0.4, 0.5) is 5.69 Å². The number of ether oxygens (including phenoxy) is 2. The number of thioether (sulfide) groups is 2. The first-order valence-electron chi connectivity index (χ1n) is 9.18. The molecule has 0 aromatic heterocycles. The summed E-state index contributed by atoms with van der Waals surface area (Å²) in [6, 6.07) is 12.8. The minimum atomic E-state index is -0.00997. The fourth-order valence-corrected chi connectivity index (χ4v) is 5.10. The van der Waals surface area contributed by atoms with Gasteiger partial charge in [0.15, 0.2) is 17.0 Å². The Bertz CT molecular complexity index is 804. The average molecular weight is 401 g/mol. The van der Waals surface area contributed by atoms with Gasteiger partial charge in [-0.15, -0.1) is 11.8 Å². The van der Waals surface area contributed by atoms with Gasteiger partial charge in [-0.3, -0.25) is 4.99 Å². The number of nitrogens with zero attached hydrogens (tertiary/aromatic N) is 1. The van der Waals surface area contributed by atoms with Crippen molar-refractivity contribution in [1.82, 2.24) is 0 Å². The van der Waals surface area contributed by atoms with E-state index in [1.165, 1.54) is 29.1 Å². The summed E-state index contributed by atoms with van der Waals surface area (Å²) in [6.07, 6.45) is 5.67. The normalized spacial score (nSPS) is 18.4. The van der Waals surface area contributed by atoms with Crippen LogP contribution < -0.4 is 14.8 Å². The molecule has 142 valence electrons. The molecule has 6 heteroatoms. The molecule has 1 fully saturated rings. The Morgan fingerprint density at radius 2 is 2.00 bits per heavy atom. The Hall–Kier alpha value is -1.79. The summed E-state index contributed by atoms with van der Waals surface area (Å²) >= 11 is 3.67. The predicted octanol–water partition coefficient (Wildman–Crippen LogP) is 5.32. The van der Waals surface area contributed by atoms with Crippen LogP contribution in [0.15, 0.2) is 51.2 Å². The van der Waals surface area contributed by atoms with Crippen LogP contribution in [0.1, 0.15) is 18.4 Å². The van der Waals surface area contributed by atoms with Crippen molar-refractivity contribution in [2.75, 3.05) is 25.3 Å². The summed E-state index contributed by atoms with van der Waals surface area (Å²) in [5, 5.41) is 3.42. The molecule has 1 aliphatic heterocycles. The van der Waals surface area contributed by atoms with Gasteiger partial charge in [0.25, 0.3) is 0 Å². The number of hydrogen-bond donors (Lipinski definition) is 1. The van der Waals surface area contributed by atoms with Crippen LogP contribution in [0.2, 0.25) is 0 Å². The van der Waals surface area contributed by atoms with Crippen LogP contribution in [0.5, 0.6) is 11.5 Å². The van der Waals surface area contributed by atoms with Crippen molar-refractivity contribution in [1.29, 1.82) is 0 Å². The third-order valence-corrected chi connectivity index (χ3v) is 6.93. The molecule has 2 aromatic rings. The van der Waals surface area contributed by atoms with Crippen molar-refractivity contribution in [2.24, 2.45) is 10.9 Å². The van der Waals surface area contributed by atoms with Crippen molar-refractivity contribution in [3.05, 3.63) is 42.0 Å². The standard InChI is InChI=1S/C21H24N2O2S2/c1-24-18-11-17-20(12-19(18)25-2)27-21(23-17)22-9-8-14-4-3-5-16(10-14)26-13-15-6-7-15/h3-5,9-12,15,21,23H,6-8,13H2,1-2H3/b22-9+. The largest absolute Gasteiger partial charge is 0.493 e. The maximum Gasteiger partial charge on any atom is 0.170 e. The molecule has 27 heavy (non-hydrogen) atoms. The highest BCUT2D eigenvalue weighted by Gasteiger charge is 2.23. The van der Waals surface area contributed by atoms with Crippen molar-refractivity contribution in [3.63, 3.8) is 0 Å². The highest BCUT2D eigenvalue weighted by Crippen LogP contribution is 2.45. The third kappa shape index (κ3) is 4.74. The summed E-state index contributed by atoms with van der Waals surface area (Å²) in [4.78, 5) is 7.20. The number of anilines is 1. The average Bonchev–Trinajstić information content (AvgIpc) is 3.44. The summed E-state index contributed by atoms with van der Waals surface area (Å²) in [5.74, 6) is 3.68. The van der Waals surface area contributed by atoms with E-state index in [4.69, 9.17) is 14.5 Å². The molecule has 0 saturated heterocycles. The zero-order valence-corrected chi connectivity index (χ0v) is 17.2. The predicted molar refractivity (Wildman–Crippen MR) is 115 cm³/mol. The van der Waals surface area contributed by atoms with Crippen LogP contribution in [0, 0.1) is 5.92 Å². The van der Waals surface area contributed by atoms with Crippen molar-refractivity contribution in [2.45, 2.75) is 34.6 Å². The van der Waals surface area contributed by atoms with E-state index in [0.29, 0.717) is 0 Å². The lowest BCUT2D eigenvalue weighted by molar-refractivity contribution is 0.354. The van der Waals surface area contributed by atoms with Crippen molar-refractivity contribution >= 4 is 35.4 Å². The Morgan fingerprint density at radius 3 is 2.78 bits per heavy atom. The van der Waals surface area contributed by atoms with Gasteiger partial charge in [-0.25, -0.2) is 0 Å². The maximum atomic E-state index is 5.38. The molecule has 1 heterocycles. The van der Waals surface area contributed by atoms with Crippen LogP contribution in [0.3, 0.4) is 0 Å². The first-order valence-corrected chi connectivity index (χ1v) is 11.0. The number of methoxy groups -OCH3 is 2. The molecule has 4 rings (SSSR count). The Balaban J connectivity index is 1.34. The monoisotopic (exact) mass is 400 g/mol. The number of benzene rings is 2. The topological polar surface area (TPSA) is 42.9 Å². The van der Waals surface area contributed by atoms with Crippen LogP contribution >= 0.6 is 23.5 Å². The molecule has 1 aliphatic carbocycles. The second kappa shape index (κ2) is 8.48. The molecule has 4 nitrogen and oxygen atoms in total. The zero-order chi connectivity index (χ0) is 18.6. The van der Waals surface area contributed by atoms with E-state index in [0.717, 1.165) is 34.4 Å². The second-order valence-corrected chi connectivity index (χ2v) is 8.97. The quantitative estimate of drug-likeness (QED) is 0.480. The molecule has 2 aliphatic rings. The summed E-state index contributed by atoms with van der Waals surface area (Å²) in [7, 11) is 3.31. The smallest absolute Gasteiger partial charge is 0.170 e. The van der Waals surface area contributed by atoms with E-state index >= 15 is 0 Å². The molecule has 0 amide bonds. The molecular weight excluding hydrogens is 376 g/mol. The summed E-state index contributed by atoms with van der Waals surface area (Å²) < 4.78 is 10.7. The van der Waals surface area contributed by atoms with Crippen molar-refractivity contribution < 1.29 is 9.47 Å². The number of hydrogen-bond acceptors (Lipinski definition) is 6. The van der Waals surface area contributed by atoms with Gasteiger partial charge in [0.1, 0.15) is 0 Å². The first kappa shape index (κ1) is 18.6. The Kier molecular flexibility index (Phi) is 5.83. The second-order valence-electron chi connectivity index (χ2n) is 6.76. The van der Waals surface area contributed by atoms with Crippen LogP contribution in [0.25, 0.3) is 0 Å². The molecule has 1 N–H and O–H groups in total. The van der Waals surface area contributed by atoms with Crippen molar-refractivity contribution in [3.8, 4) is 11.5 Å². The summed E-state index contributed by atoms with van der Waals surface area (Å²) in [5.41, 5.74) is 2.34. The summed E-state index contributed by atoms with van der Waals surface area (Å²) in [6.45, 7) is 0. The molecule has 1 atom stereocenters. The lowest BCUT2D eigenvalue weighted by Gasteiger charge is -2.09. The highest BCUT2D eigenvalue weighted by molar-refractivity contribution is 8.00. The minimum absolute atomic E-state index is 0.00997. The lowest BCUT2D eigenvalue weighted by Crippen LogP contribution is -2.07. The van der Waals surface area contributed by atoms with Gasteiger partial charge in [0.05, 0.1) is 19.9 Å². The highest BCUT2D eigenvalue weighted by atomic mass is 32.2. The van der Waals surface area contributed by atoms with E-state index < -0.39 is 0 Å². The van der Waals surface area contributed by atoms with E-state index in [1.54, 1.807) is 26.0 Å². The van der Waals surface area contributed by atoms with Gasteiger partial charge in [0.2, 0.25) is 0 Å². The molecule has 1 unspecified atom stereocenters. The van der Waals surface area contributed by atoms with E-state index in [9.17, 15) is 0 Å². The van der Waals surface area contributed by atoms with Gasteiger partial charge in [-0.05, 0) is 42.5 Å². The van der Waals surface area contributed by atoms with Gasteiger partial charge in [-0.2, -0.15) is 0 Å². The van der Waals surface area contributed by atoms with Gasteiger partial charge < -0.3 is 14.8 Å². The van der Waals surface area contributed by atoms with E-state index in [1.807, 2.05) is 30.1 Å². The number of fused-ring (bicyclic) bond motifs is 1. The fraction of sp³-hybridized carbons (Fsp3) is 0.381. The molecule has 0 bridgehead atoms. The molecule has 0 radical (unpaired) electrons. The molecule has 0 spiro atoms. The lowest BCUT2D eigenvalue weighted by atomic mass is 10.2. The fourth-order valence-electron chi connectivity index (χ4n) is 2.94. The first-order chi connectivity index (χ1) is 13.2. The SMILES string of the molecule is COc1cc2c(cc1OC)SC(/N=C/Cc1cccc(SCC3CC3)c1)N2. The number of aliphatic imine (C=N–C) groups is 1. The Morgan fingerprint density at radius 1 is 1.19 bits per heavy atom. The number of rotatable bonds is 8. The molecular formula is C21H24N2O2S2. The zero-order valence-electron chi connectivity index (χ0n) is 15.6. The number of nitrogens with one attached hydrogen (secondary N) is 1. The van der Waals surface area contributed by atoms with E-state index in [-0.39, 0.29) is 5.50 Å². The Labute approximate surface area is 169 Å². The maximum absolute atomic E-state index is 5.38. The van der Waals surface area contributed by atoms with Crippen LogP contribution in [-0.4, -0.2) is 31.7 Å². The van der Waals surface area contributed by atoms with Gasteiger partial charge in [-0.1, -0.05) is 23.9 Å². The molecule has 2 aromatic carbocycles. The van der Waals surface area contributed by atoms with Crippen LogP contribution in [-0.2, 0) is 6.42 Å². The minimum Gasteiger partial charge on any atom is -0.493 e.